The molecule has 11 heteroatoms. The van der Waals surface area contributed by atoms with Crippen LogP contribution in [0.4, 0.5) is 11.4 Å². The summed E-state index contributed by atoms with van der Waals surface area (Å²) in [6.07, 6.45) is 0.450. The zero-order chi connectivity index (χ0) is 24.6. The smallest absolute Gasteiger partial charge is 0.265 e. The van der Waals surface area contributed by atoms with E-state index in [1.807, 2.05) is 18.2 Å². The number of ether oxygens (including phenoxy) is 1. The maximum absolute atomic E-state index is 13.0. The van der Waals surface area contributed by atoms with Gasteiger partial charge in [-0.2, -0.15) is 4.31 Å². The number of carbonyl (C=O) groups excluding carboxylic acids is 1. The molecular weight excluding hydrogens is 490 g/mol. The predicted octanol–water partition coefficient (Wildman–Crippen LogP) is 2.79. The van der Waals surface area contributed by atoms with Crippen molar-refractivity contribution in [3.05, 3.63) is 60.7 Å². The van der Waals surface area contributed by atoms with Crippen LogP contribution in [-0.2, 0) is 29.6 Å². The monoisotopic (exact) mass is 515 g/mol. The topological polar surface area (TPSA) is 113 Å². The lowest BCUT2D eigenvalue weighted by molar-refractivity contribution is -0.116. The molecule has 184 valence electrons. The van der Waals surface area contributed by atoms with Crippen LogP contribution in [0.3, 0.4) is 0 Å². The largest absolute Gasteiger partial charge is 0.379 e. The van der Waals surface area contributed by atoms with Gasteiger partial charge >= 0.3 is 0 Å². The number of sulfonamides is 2. The Hall–Kier alpha value is -2.99. The molecule has 0 radical (unpaired) electrons. The molecule has 5 rings (SSSR count). The standard InChI is InChI=1S/C24H25N3O6S2/c28-23(25-19-9-11-20(12-10-19)34(29,30)26-14-16-33-17-15-26)8-3-13-27-21-6-1-4-18-5-2-7-22(24(18)21)35(27,31)32/h1-2,4-7,9-12H,3,8,13-17H2,(H,25,28). The Morgan fingerprint density at radius 1 is 0.971 bits per heavy atom. The minimum atomic E-state index is -3.65. The molecule has 9 nitrogen and oxygen atoms in total. The quantitative estimate of drug-likeness (QED) is 0.518. The first-order valence-corrected chi connectivity index (χ1v) is 14.2. The molecule has 1 saturated heterocycles. The zero-order valence-corrected chi connectivity index (χ0v) is 20.5. The van der Waals surface area contributed by atoms with Gasteiger partial charge in [0.25, 0.3) is 10.0 Å². The van der Waals surface area contributed by atoms with E-state index in [2.05, 4.69) is 5.32 Å². The molecule has 0 bridgehead atoms. The number of nitrogens with zero attached hydrogens (tertiary/aromatic N) is 2. The van der Waals surface area contributed by atoms with Crippen LogP contribution in [0, 0.1) is 0 Å². The fourth-order valence-corrected chi connectivity index (χ4v) is 7.61. The lowest BCUT2D eigenvalue weighted by atomic mass is 10.1. The second-order valence-electron chi connectivity index (χ2n) is 8.40. The molecule has 2 aliphatic heterocycles. The predicted molar refractivity (Wildman–Crippen MR) is 132 cm³/mol. The van der Waals surface area contributed by atoms with Crippen LogP contribution in [0.5, 0.6) is 0 Å². The Morgan fingerprint density at radius 2 is 1.66 bits per heavy atom. The molecule has 1 amide bonds. The van der Waals surface area contributed by atoms with E-state index in [1.165, 1.54) is 20.7 Å². The Balaban J connectivity index is 1.19. The van der Waals surface area contributed by atoms with Gasteiger partial charge in [0, 0.05) is 37.1 Å². The first-order valence-electron chi connectivity index (χ1n) is 11.3. The highest BCUT2D eigenvalue weighted by Crippen LogP contribution is 2.42. The van der Waals surface area contributed by atoms with Crippen LogP contribution in [0.1, 0.15) is 12.8 Å². The van der Waals surface area contributed by atoms with E-state index in [0.717, 1.165) is 5.39 Å². The van der Waals surface area contributed by atoms with Crippen LogP contribution in [0.2, 0.25) is 0 Å². The number of amides is 1. The molecule has 2 aliphatic rings. The molecule has 1 fully saturated rings. The molecular formula is C24H25N3O6S2. The van der Waals surface area contributed by atoms with Gasteiger partial charge in [-0.05, 0) is 48.2 Å². The van der Waals surface area contributed by atoms with Crippen molar-refractivity contribution in [3.8, 4) is 0 Å². The van der Waals surface area contributed by atoms with Crippen LogP contribution in [0.25, 0.3) is 10.8 Å². The number of rotatable bonds is 7. The maximum atomic E-state index is 13.0. The summed E-state index contributed by atoms with van der Waals surface area (Å²) in [6, 6.07) is 16.7. The molecule has 1 N–H and O–H groups in total. The summed E-state index contributed by atoms with van der Waals surface area (Å²) in [5.41, 5.74) is 1.11. The van der Waals surface area contributed by atoms with E-state index in [-0.39, 0.29) is 23.8 Å². The molecule has 0 unspecified atom stereocenters. The van der Waals surface area contributed by atoms with Gasteiger partial charge in [0.05, 0.1) is 28.7 Å². The van der Waals surface area contributed by atoms with Crippen molar-refractivity contribution in [1.29, 1.82) is 0 Å². The van der Waals surface area contributed by atoms with Gasteiger partial charge in [-0.3, -0.25) is 9.10 Å². The van der Waals surface area contributed by atoms with Crippen molar-refractivity contribution in [2.24, 2.45) is 0 Å². The molecule has 3 aromatic carbocycles. The minimum absolute atomic E-state index is 0.117. The average Bonchev–Trinajstić information content (AvgIpc) is 3.08. The van der Waals surface area contributed by atoms with Gasteiger partial charge in [-0.25, -0.2) is 16.8 Å². The number of anilines is 2. The molecule has 0 atom stereocenters. The molecule has 0 aromatic heterocycles. The van der Waals surface area contributed by atoms with Crippen molar-refractivity contribution >= 4 is 48.1 Å². The van der Waals surface area contributed by atoms with Crippen LogP contribution >= 0.6 is 0 Å². The fraction of sp³-hybridized carbons (Fsp3) is 0.292. The Kier molecular flexibility index (Phi) is 6.26. The van der Waals surface area contributed by atoms with Gasteiger partial charge in [-0.1, -0.05) is 24.3 Å². The second-order valence-corrected chi connectivity index (χ2v) is 12.2. The summed E-state index contributed by atoms with van der Waals surface area (Å²) in [6.45, 7) is 1.54. The van der Waals surface area contributed by atoms with Gasteiger partial charge in [0.1, 0.15) is 0 Å². The summed E-state index contributed by atoms with van der Waals surface area (Å²) < 4.78 is 59.4. The number of nitrogens with one attached hydrogen (secondary N) is 1. The van der Waals surface area contributed by atoms with Crippen LogP contribution in [-0.4, -0.2) is 59.9 Å². The number of hydrogen-bond acceptors (Lipinski definition) is 6. The molecule has 0 aliphatic carbocycles. The van der Waals surface area contributed by atoms with Gasteiger partial charge < -0.3 is 10.1 Å². The second kappa shape index (κ2) is 9.23. The third-order valence-electron chi connectivity index (χ3n) is 6.19. The minimum Gasteiger partial charge on any atom is -0.379 e. The van der Waals surface area contributed by atoms with Gasteiger partial charge in [0.15, 0.2) is 0 Å². The summed E-state index contributed by atoms with van der Waals surface area (Å²) >= 11 is 0. The number of morpholine rings is 1. The van der Waals surface area contributed by atoms with Crippen molar-refractivity contribution in [2.75, 3.05) is 42.5 Å². The van der Waals surface area contributed by atoms with Crippen molar-refractivity contribution in [1.82, 2.24) is 4.31 Å². The zero-order valence-electron chi connectivity index (χ0n) is 18.9. The van der Waals surface area contributed by atoms with E-state index < -0.39 is 20.0 Å². The van der Waals surface area contributed by atoms with Crippen molar-refractivity contribution in [3.63, 3.8) is 0 Å². The lowest BCUT2D eigenvalue weighted by Gasteiger charge is -2.26. The highest BCUT2D eigenvalue weighted by molar-refractivity contribution is 7.93. The SMILES string of the molecule is O=C(CCCN1c2cccc3cccc(c23)S1(=O)=O)Nc1ccc(S(=O)(=O)N2CCOCC2)cc1. The van der Waals surface area contributed by atoms with E-state index in [0.29, 0.717) is 54.4 Å². The van der Waals surface area contributed by atoms with E-state index in [1.54, 1.807) is 30.3 Å². The van der Waals surface area contributed by atoms with Gasteiger partial charge in [-0.15, -0.1) is 0 Å². The normalized spacial score (nSPS) is 17.5. The summed E-state index contributed by atoms with van der Waals surface area (Å²) in [4.78, 5) is 12.9. The number of benzene rings is 3. The highest BCUT2D eigenvalue weighted by Gasteiger charge is 2.35. The molecule has 0 spiro atoms. The number of carbonyl (C=O) groups is 1. The molecule has 3 aromatic rings. The molecule has 2 heterocycles. The Labute approximate surface area is 204 Å². The van der Waals surface area contributed by atoms with E-state index in [9.17, 15) is 21.6 Å². The lowest BCUT2D eigenvalue weighted by Crippen LogP contribution is -2.40. The Bertz CT molecular complexity index is 1480. The van der Waals surface area contributed by atoms with Crippen molar-refractivity contribution in [2.45, 2.75) is 22.6 Å². The van der Waals surface area contributed by atoms with Crippen LogP contribution < -0.4 is 9.62 Å². The highest BCUT2D eigenvalue weighted by atomic mass is 32.2. The Morgan fingerprint density at radius 3 is 2.37 bits per heavy atom. The van der Waals surface area contributed by atoms with Gasteiger partial charge in [0.2, 0.25) is 15.9 Å². The number of hydrogen-bond donors (Lipinski definition) is 1. The third kappa shape index (κ3) is 4.40. The first-order chi connectivity index (χ1) is 16.8. The fourth-order valence-electron chi connectivity index (χ4n) is 4.45. The van der Waals surface area contributed by atoms with E-state index >= 15 is 0 Å². The third-order valence-corrected chi connectivity index (χ3v) is 9.96. The van der Waals surface area contributed by atoms with Crippen LogP contribution in [0.15, 0.2) is 70.5 Å². The summed E-state index contributed by atoms with van der Waals surface area (Å²) in [5, 5.41) is 4.33. The van der Waals surface area contributed by atoms with Crippen molar-refractivity contribution < 1.29 is 26.4 Å². The van der Waals surface area contributed by atoms with E-state index in [4.69, 9.17) is 4.74 Å². The maximum Gasteiger partial charge on any atom is 0.265 e. The average molecular weight is 516 g/mol. The molecule has 0 saturated carbocycles. The molecule has 35 heavy (non-hydrogen) atoms. The first kappa shape index (κ1) is 23.7. The summed E-state index contributed by atoms with van der Waals surface area (Å²) in [5.74, 6) is -0.277. The summed E-state index contributed by atoms with van der Waals surface area (Å²) in [7, 11) is -7.25.